The SMILES string of the molecule is O=S(=O)(NC1Cc2ccccc2C1Sc1nnnn1-c1ccccc1)c1ccccc1. The van der Waals surface area contributed by atoms with Crippen molar-refractivity contribution in [3.63, 3.8) is 0 Å². The van der Waals surface area contributed by atoms with E-state index >= 15 is 0 Å². The Hall–Kier alpha value is -3.01. The summed E-state index contributed by atoms with van der Waals surface area (Å²) in [7, 11) is -3.66. The molecule has 0 aliphatic heterocycles. The van der Waals surface area contributed by atoms with Gasteiger partial charge in [-0.2, -0.15) is 4.68 Å². The number of para-hydroxylation sites is 1. The van der Waals surface area contributed by atoms with Crippen molar-refractivity contribution in [2.24, 2.45) is 0 Å². The highest BCUT2D eigenvalue weighted by Gasteiger charge is 2.37. The second-order valence-corrected chi connectivity index (χ2v) is 10.0. The molecule has 0 spiro atoms. The Morgan fingerprint density at radius 1 is 0.903 bits per heavy atom. The molecule has 0 fully saturated rings. The highest BCUT2D eigenvalue weighted by atomic mass is 32.2. The number of tetrazole rings is 1. The van der Waals surface area contributed by atoms with Crippen LogP contribution in [-0.4, -0.2) is 34.7 Å². The maximum Gasteiger partial charge on any atom is 0.240 e. The number of aromatic nitrogens is 4. The van der Waals surface area contributed by atoms with Crippen LogP contribution in [0.2, 0.25) is 0 Å². The average Bonchev–Trinajstić information content (AvgIpc) is 3.40. The first-order valence-corrected chi connectivity index (χ1v) is 12.1. The summed E-state index contributed by atoms with van der Waals surface area (Å²) in [6, 6.07) is 25.8. The van der Waals surface area contributed by atoms with Crippen LogP contribution in [0.1, 0.15) is 16.4 Å². The van der Waals surface area contributed by atoms with Gasteiger partial charge < -0.3 is 0 Å². The first-order chi connectivity index (χ1) is 15.1. The molecule has 1 N–H and O–H groups in total. The van der Waals surface area contributed by atoms with Gasteiger partial charge in [0, 0.05) is 6.04 Å². The summed E-state index contributed by atoms with van der Waals surface area (Å²) in [6.07, 6.45) is 0.604. The van der Waals surface area contributed by atoms with E-state index in [2.05, 4.69) is 20.2 Å². The van der Waals surface area contributed by atoms with Gasteiger partial charge in [0.05, 0.1) is 15.8 Å². The molecule has 1 aromatic heterocycles. The van der Waals surface area contributed by atoms with Crippen molar-refractivity contribution in [2.75, 3.05) is 0 Å². The number of benzene rings is 3. The number of sulfonamides is 1. The molecule has 5 rings (SSSR count). The maximum absolute atomic E-state index is 13.0. The largest absolute Gasteiger partial charge is 0.240 e. The summed E-state index contributed by atoms with van der Waals surface area (Å²) in [6.45, 7) is 0. The fraction of sp³-hybridized carbons (Fsp3) is 0.136. The highest BCUT2D eigenvalue weighted by molar-refractivity contribution is 7.99. The lowest BCUT2D eigenvalue weighted by molar-refractivity contribution is 0.552. The van der Waals surface area contributed by atoms with Gasteiger partial charge in [0.15, 0.2) is 0 Å². The summed E-state index contributed by atoms with van der Waals surface area (Å²) >= 11 is 1.47. The Morgan fingerprint density at radius 2 is 1.58 bits per heavy atom. The Kier molecular flexibility index (Phi) is 5.31. The zero-order valence-electron chi connectivity index (χ0n) is 16.4. The predicted octanol–water partition coefficient (Wildman–Crippen LogP) is 3.40. The molecular formula is C22H19N5O2S2. The molecule has 3 aromatic carbocycles. The summed E-state index contributed by atoms with van der Waals surface area (Å²) in [5.74, 6) is 0. The van der Waals surface area contributed by atoms with E-state index in [1.807, 2.05) is 54.6 Å². The molecule has 7 nitrogen and oxygen atoms in total. The number of nitrogens with zero attached hydrogens (tertiary/aromatic N) is 4. The normalized spacial score (nSPS) is 18.1. The van der Waals surface area contributed by atoms with Crippen LogP contribution in [0.15, 0.2) is 95.0 Å². The molecule has 156 valence electrons. The standard InChI is InChI=1S/C22H19N5O2S2/c28-31(29,18-12-5-2-6-13-18)24-20-15-16-9-7-8-14-19(16)21(20)30-22-23-25-26-27(22)17-10-3-1-4-11-17/h1-14,20-21,24H,15H2. The van der Waals surface area contributed by atoms with Crippen molar-refractivity contribution < 1.29 is 8.42 Å². The summed E-state index contributed by atoms with van der Waals surface area (Å²) < 4.78 is 30.6. The van der Waals surface area contributed by atoms with Crippen LogP contribution in [0.4, 0.5) is 0 Å². The Balaban J connectivity index is 1.48. The minimum atomic E-state index is -3.66. The molecule has 4 aromatic rings. The molecule has 1 aliphatic carbocycles. The monoisotopic (exact) mass is 449 g/mol. The molecule has 9 heteroatoms. The minimum absolute atomic E-state index is 0.164. The average molecular weight is 450 g/mol. The molecule has 0 saturated carbocycles. The third kappa shape index (κ3) is 3.99. The maximum atomic E-state index is 13.0. The van der Waals surface area contributed by atoms with Crippen LogP contribution in [0.5, 0.6) is 0 Å². The number of thioether (sulfide) groups is 1. The van der Waals surface area contributed by atoms with Crippen LogP contribution in [0, 0.1) is 0 Å². The van der Waals surface area contributed by atoms with Crippen molar-refractivity contribution in [3.8, 4) is 5.69 Å². The number of nitrogens with one attached hydrogen (secondary N) is 1. The summed E-state index contributed by atoms with van der Waals surface area (Å²) in [5.41, 5.74) is 3.07. The van der Waals surface area contributed by atoms with Gasteiger partial charge in [-0.15, -0.1) is 5.10 Å². The van der Waals surface area contributed by atoms with Gasteiger partial charge in [0.25, 0.3) is 0 Å². The van der Waals surface area contributed by atoms with Crippen molar-refractivity contribution in [1.29, 1.82) is 0 Å². The van der Waals surface area contributed by atoms with E-state index in [1.165, 1.54) is 11.8 Å². The fourth-order valence-electron chi connectivity index (χ4n) is 3.77. The highest BCUT2D eigenvalue weighted by Crippen LogP contribution is 2.44. The Morgan fingerprint density at radius 3 is 2.35 bits per heavy atom. The Labute approximate surface area is 184 Å². The molecule has 2 atom stereocenters. The van der Waals surface area contributed by atoms with Crippen LogP contribution >= 0.6 is 11.8 Å². The molecule has 0 radical (unpaired) electrons. The van der Waals surface area contributed by atoms with Crippen molar-refractivity contribution in [2.45, 2.75) is 27.8 Å². The molecule has 0 amide bonds. The zero-order valence-corrected chi connectivity index (χ0v) is 18.0. The van der Waals surface area contributed by atoms with E-state index in [0.717, 1.165) is 16.8 Å². The molecule has 1 aliphatic rings. The van der Waals surface area contributed by atoms with Crippen LogP contribution in [0.3, 0.4) is 0 Å². The van der Waals surface area contributed by atoms with E-state index < -0.39 is 10.0 Å². The third-order valence-corrected chi connectivity index (χ3v) is 8.01. The van der Waals surface area contributed by atoms with Crippen molar-refractivity contribution in [3.05, 3.63) is 96.1 Å². The van der Waals surface area contributed by atoms with Crippen LogP contribution in [0.25, 0.3) is 5.69 Å². The number of fused-ring (bicyclic) bond motifs is 1. The predicted molar refractivity (Wildman–Crippen MR) is 118 cm³/mol. The fourth-order valence-corrected chi connectivity index (χ4v) is 6.37. The van der Waals surface area contributed by atoms with Crippen molar-refractivity contribution in [1.82, 2.24) is 24.9 Å². The second kappa shape index (κ2) is 8.26. The number of rotatable bonds is 6. The first kappa shape index (κ1) is 19.9. The quantitative estimate of drug-likeness (QED) is 0.485. The van der Waals surface area contributed by atoms with Gasteiger partial charge in [0.1, 0.15) is 0 Å². The van der Waals surface area contributed by atoms with Gasteiger partial charge in [-0.3, -0.25) is 0 Å². The lowest BCUT2D eigenvalue weighted by Crippen LogP contribution is -2.37. The second-order valence-electron chi connectivity index (χ2n) is 7.19. The number of hydrogen-bond acceptors (Lipinski definition) is 6. The first-order valence-electron chi connectivity index (χ1n) is 9.77. The van der Waals surface area contributed by atoms with Gasteiger partial charge in [-0.1, -0.05) is 72.4 Å². The smallest absolute Gasteiger partial charge is 0.207 e. The third-order valence-electron chi connectivity index (χ3n) is 5.20. The topological polar surface area (TPSA) is 89.8 Å². The lowest BCUT2D eigenvalue weighted by atomic mass is 10.1. The van der Waals surface area contributed by atoms with Gasteiger partial charge >= 0.3 is 0 Å². The van der Waals surface area contributed by atoms with Gasteiger partial charge in [-0.05, 0) is 52.2 Å². The summed E-state index contributed by atoms with van der Waals surface area (Å²) in [5, 5.41) is 12.6. The molecule has 1 heterocycles. The molecule has 0 saturated heterocycles. The lowest BCUT2D eigenvalue weighted by Gasteiger charge is -2.21. The van der Waals surface area contributed by atoms with Gasteiger partial charge in [0.2, 0.25) is 15.2 Å². The van der Waals surface area contributed by atoms with E-state index in [9.17, 15) is 8.42 Å². The molecular weight excluding hydrogens is 430 g/mol. The molecule has 2 unspecified atom stereocenters. The van der Waals surface area contributed by atoms with Crippen molar-refractivity contribution >= 4 is 21.8 Å². The van der Waals surface area contributed by atoms with E-state index in [4.69, 9.17) is 0 Å². The number of hydrogen-bond donors (Lipinski definition) is 1. The van der Waals surface area contributed by atoms with Gasteiger partial charge in [-0.25, -0.2) is 13.1 Å². The van der Waals surface area contributed by atoms with E-state index in [-0.39, 0.29) is 16.2 Å². The molecule has 0 bridgehead atoms. The van der Waals surface area contributed by atoms with Crippen LogP contribution in [-0.2, 0) is 16.4 Å². The zero-order chi connectivity index (χ0) is 21.3. The minimum Gasteiger partial charge on any atom is -0.207 e. The molecule has 31 heavy (non-hydrogen) atoms. The van der Waals surface area contributed by atoms with E-state index in [0.29, 0.717) is 11.6 Å². The Bertz CT molecular complexity index is 1290. The van der Waals surface area contributed by atoms with Crippen LogP contribution < -0.4 is 4.72 Å². The summed E-state index contributed by atoms with van der Waals surface area (Å²) in [4.78, 5) is 0.254. The van der Waals surface area contributed by atoms with E-state index in [1.54, 1.807) is 35.0 Å².